The van der Waals surface area contributed by atoms with Crippen LogP contribution in [0.5, 0.6) is 0 Å². The van der Waals surface area contributed by atoms with E-state index in [0.717, 1.165) is 10.9 Å². The molecule has 3 rings (SSSR count). The first-order valence-corrected chi connectivity index (χ1v) is 7.98. The predicted octanol–water partition coefficient (Wildman–Crippen LogP) is 3.22. The second-order valence-electron chi connectivity index (χ2n) is 5.52. The smallest absolute Gasteiger partial charge is 0.271 e. The number of hydrogen-bond acceptors (Lipinski definition) is 3. The summed E-state index contributed by atoms with van der Waals surface area (Å²) < 4.78 is 14.1. The molecule has 0 saturated carbocycles. The van der Waals surface area contributed by atoms with Gasteiger partial charge in [0.2, 0.25) is 0 Å². The van der Waals surface area contributed by atoms with Gasteiger partial charge in [0.05, 0.1) is 10.6 Å². The molecule has 3 aromatic rings. The van der Waals surface area contributed by atoms with E-state index in [0.29, 0.717) is 21.8 Å². The van der Waals surface area contributed by atoms with Gasteiger partial charge in [-0.2, -0.15) is 9.78 Å². The lowest BCUT2D eigenvalue weighted by molar-refractivity contribution is 0.626. The highest BCUT2D eigenvalue weighted by molar-refractivity contribution is 6.34. The quantitative estimate of drug-likeness (QED) is 0.710. The van der Waals surface area contributed by atoms with Crippen molar-refractivity contribution in [1.82, 2.24) is 14.8 Å². The zero-order valence-corrected chi connectivity index (χ0v) is 14.5. The van der Waals surface area contributed by atoms with Gasteiger partial charge < -0.3 is 0 Å². The van der Waals surface area contributed by atoms with E-state index in [-0.39, 0.29) is 5.82 Å². The molecule has 1 atom stereocenters. The van der Waals surface area contributed by atoms with E-state index < -0.39 is 16.1 Å². The van der Waals surface area contributed by atoms with Gasteiger partial charge in [0, 0.05) is 5.02 Å². The van der Waals surface area contributed by atoms with Crippen LogP contribution in [0.25, 0.3) is 5.69 Å². The summed E-state index contributed by atoms with van der Waals surface area (Å²) in [6.45, 7) is 1.74. The maximum absolute atomic E-state index is 13.1. The van der Waals surface area contributed by atoms with Gasteiger partial charge in [0.15, 0.2) is 0 Å². The number of aromatic amines is 1. The average Bonchev–Trinajstić information content (AvgIpc) is 2.55. The summed E-state index contributed by atoms with van der Waals surface area (Å²) in [4.78, 5) is 24.1. The molecular weight excluding hydrogens is 368 g/mol. The molecule has 0 radical (unpaired) electrons. The molecule has 5 nitrogen and oxygen atoms in total. The first-order chi connectivity index (χ1) is 11.8. The van der Waals surface area contributed by atoms with Gasteiger partial charge in [-0.3, -0.25) is 9.78 Å². The lowest BCUT2D eigenvalue weighted by Gasteiger charge is -2.25. The van der Waals surface area contributed by atoms with E-state index in [2.05, 4.69) is 10.1 Å². The van der Waals surface area contributed by atoms with Crippen LogP contribution in [0.3, 0.4) is 0 Å². The summed E-state index contributed by atoms with van der Waals surface area (Å²) in [6.07, 6.45) is 0.993. The number of hydrogen-bond donors (Lipinski definition) is 1. The lowest BCUT2D eigenvalue weighted by atomic mass is 9.92. The molecule has 1 N–H and O–H groups in total. The van der Waals surface area contributed by atoms with Crippen LogP contribution in [0, 0.1) is 5.82 Å². The fraction of sp³-hybridized carbons (Fsp3) is 0.118. The number of alkyl halides is 1. The number of halogens is 3. The van der Waals surface area contributed by atoms with Crippen molar-refractivity contribution in [1.29, 1.82) is 0 Å². The zero-order chi connectivity index (χ0) is 18.2. The fourth-order valence-electron chi connectivity index (χ4n) is 2.47. The Bertz CT molecular complexity index is 1040. The molecule has 128 valence electrons. The molecule has 0 fully saturated rings. The Morgan fingerprint density at radius 1 is 1.16 bits per heavy atom. The summed E-state index contributed by atoms with van der Waals surface area (Å²) in [5, 5.41) is 4.08. The first kappa shape index (κ1) is 17.4. The lowest BCUT2D eigenvalue weighted by Crippen LogP contribution is -2.30. The molecule has 0 saturated heterocycles. The maximum Gasteiger partial charge on any atom is 0.349 e. The topological polar surface area (TPSA) is 67.8 Å². The molecule has 1 unspecified atom stereocenters. The standard InChI is InChI=1S/C17H12Cl2FN3O2/c1-17(19,10-2-4-11(20)5-3-10)13-7-6-12(8-14(13)18)23-16(25)22-15(24)9-21-23/h2-9H,1H3,(H,22,24,25). The molecule has 0 spiro atoms. The minimum atomic E-state index is -0.993. The largest absolute Gasteiger partial charge is 0.349 e. The molecule has 0 amide bonds. The third kappa shape index (κ3) is 3.36. The normalized spacial score (nSPS) is 13.4. The van der Waals surface area contributed by atoms with Gasteiger partial charge in [-0.25, -0.2) is 9.18 Å². The molecule has 25 heavy (non-hydrogen) atoms. The van der Waals surface area contributed by atoms with Crippen LogP contribution in [0.15, 0.2) is 58.3 Å². The van der Waals surface area contributed by atoms with E-state index in [1.165, 1.54) is 18.2 Å². The molecule has 8 heteroatoms. The maximum atomic E-state index is 13.1. The summed E-state index contributed by atoms with van der Waals surface area (Å²) >= 11 is 13.0. The van der Waals surface area contributed by atoms with Crippen molar-refractivity contribution in [2.24, 2.45) is 0 Å². The SMILES string of the molecule is CC(Cl)(c1ccc(F)cc1)c1ccc(-n2ncc(=O)[nH]c2=O)cc1Cl. The van der Waals surface area contributed by atoms with Crippen LogP contribution in [0.4, 0.5) is 4.39 Å². The van der Waals surface area contributed by atoms with Crippen molar-refractivity contribution in [2.45, 2.75) is 11.8 Å². The van der Waals surface area contributed by atoms with Crippen molar-refractivity contribution in [3.63, 3.8) is 0 Å². The van der Waals surface area contributed by atoms with Gasteiger partial charge in [0.1, 0.15) is 12.0 Å². The van der Waals surface area contributed by atoms with Gasteiger partial charge in [-0.05, 0) is 42.3 Å². The summed E-state index contributed by atoms with van der Waals surface area (Å²) in [7, 11) is 0. The van der Waals surface area contributed by atoms with Gasteiger partial charge in [-0.1, -0.05) is 29.8 Å². The number of aromatic nitrogens is 3. The Morgan fingerprint density at radius 2 is 1.84 bits per heavy atom. The van der Waals surface area contributed by atoms with Crippen LogP contribution in [-0.2, 0) is 4.87 Å². The van der Waals surface area contributed by atoms with Crippen molar-refractivity contribution < 1.29 is 4.39 Å². The Balaban J connectivity index is 2.06. The Morgan fingerprint density at radius 3 is 2.44 bits per heavy atom. The molecule has 0 aliphatic carbocycles. The second kappa shape index (κ2) is 6.46. The monoisotopic (exact) mass is 379 g/mol. The van der Waals surface area contributed by atoms with E-state index in [4.69, 9.17) is 23.2 Å². The average molecular weight is 380 g/mol. The predicted molar refractivity (Wildman–Crippen MR) is 94.2 cm³/mol. The van der Waals surface area contributed by atoms with Crippen molar-refractivity contribution in [3.05, 3.63) is 91.5 Å². The summed E-state index contributed by atoms with van der Waals surface area (Å²) in [6, 6.07) is 10.6. The summed E-state index contributed by atoms with van der Waals surface area (Å²) in [5.41, 5.74) is 0.367. The third-order valence-corrected chi connectivity index (χ3v) is 4.54. The third-order valence-electron chi connectivity index (χ3n) is 3.80. The molecule has 0 bridgehead atoms. The van der Waals surface area contributed by atoms with Crippen LogP contribution in [-0.4, -0.2) is 14.8 Å². The highest BCUT2D eigenvalue weighted by Crippen LogP contribution is 2.40. The second-order valence-corrected chi connectivity index (χ2v) is 6.69. The molecule has 1 aromatic heterocycles. The number of nitrogens with zero attached hydrogens (tertiary/aromatic N) is 2. The van der Waals surface area contributed by atoms with E-state index in [1.54, 1.807) is 31.2 Å². The number of benzene rings is 2. The fourth-order valence-corrected chi connectivity index (χ4v) is 3.17. The molecular formula is C17H12Cl2FN3O2. The van der Waals surface area contributed by atoms with Crippen LogP contribution < -0.4 is 11.2 Å². The Kier molecular flexibility index (Phi) is 4.49. The summed E-state index contributed by atoms with van der Waals surface area (Å²) in [5.74, 6) is -0.360. The highest BCUT2D eigenvalue weighted by Gasteiger charge is 2.28. The van der Waals surface area contributed by atoms with Gasteiger partial charge in [-0.15, -0.1) is 11.6 Å². The van der Waals surface area contributed by atoms with E-state index in [1.807, 2.05) is 0 Å². The van der Waals surface area contributed by atoms with E-state index in [9.17, 15) is 14.0 Å². The van der Waals surface area contributed by atoms with Crippen molar-refractivity contribution in [2.75, 3.05) is 0 Å². The minimum absolute atomic E-state index is 0.305. The Hall–Kier alpha value is -2.44. The molecule has 2 aromatic carbocycles. The minimum Gasteiger partial charge on any atom is -0.271 e. The molecule has 1 heterocycles. The van der Waals surface area contributed by atoms with E-state index >= 15 is 0 Å². The van der Waals surface area contributed by atoms with Crippen LogP contribution in [0.2, 0.25) is 5.02 Å². The Labute approximate surface area is 151 Å². The number of H-pyrrole nitrogens is 1. The van der Waals surface area contributed by atoms with Gasteiger partial charge >= 0.3 is 5.69 Å². The number of rotatable bonds is 3. The van der Waals surface area contributed by atoms with Crippen LogP contribution in [0.1, 0.15) is 18.1 Å². The highest BCUT2D eigenvalue weighted by atomic mass is 35.5. The molecule has 0 aliphatic heterocycles. The molecule has 0 aliphatic rings. The first-order valence-electron chi connectivity index (χ1n) is 7.23. The van der Waals surface area contributed by atoms with Crippen molar-refractivity contribution >= 4 is 23.2 Å². The van der Waals surface area contributed by atoms with Gasteiger partial charge in [0.25, 0.3) is 5.56 Å². The number of nitrogens with one attached hydrogen (secondary N) is 1. The zero-order valence-electron chi connectivity index (χ0n) is 13.0. The van der Waals surface area contributed by atoms with Crippen molar-refractivity contribution in [3.8, 4) is 5.69 Å². The van der Waals surface area contributed by atoms with Crippen LogP contribution >= 0.6 is 23.2 Å².